The molecule has 0 aromatic carbocycles. The van der Waals surface area contributed by atoms with Gasteiger partial charge in [-0.15, -0.1) is 0 Å². The van der Waals surface area contributed by atoms with Gasteiger partial charge in [-0.2, -0.15) is 0 Å². The Morgan fingerprint density at radius 3 is 0.750 bits per heavy atom. The van der Waals surface area contributed by atoms with E-state index in [1.165, 1.54) is 0 Å². The van der Waals surface area contributed by atoms with E-state index in [4.69, 9.17) is 0 Å². The van der Waals surface area contributed by atoms with E-state index in [0.29, 0.717) is 0 Å². The van der Waals surface area contributed by atoms with Crippen molar-refractivity contribution in [3.05, 3.63) is 0 Å². The third-order valence-corrected chi connectivity index (χ3v) is 0. The average Bonchev–Trinajstić information content (AvgIpc) is 0. The van der Waals surface area contributed by atoms with Crippen LogP contribution in [0.1, 0.15) is 1.43 Å². The van der Waals surface area contributed by atoms with Crippen molar-refractivity contribution < 1.29 is 78.6 Å². The predicted octanol–water partition coefficient (Wildman–Crippen LogP) is -8.88. The third-order valence-electron chi connectivity index (χ3n) is 0. The van der Waals surface area contributed by atoms with Crippen molar-refractivity contribution in [1.82, 2.24) is 0 Å². The maximum Gasteiger partial charge on any atom is 4.00 e. The molecular formula is HBr3Zr. The molecule has 4 heavy (non-hydrogen) atoms. The number of hydrogen-bond donors (Lipinski definition) is 0. The summed E-state index contributed by atoms with van der Waals surface area (Å²) >= 11 is 0. The summed E-state index contributed by atoms with van der Waals surface area (Å²) in [6.07, 6.45) is 0. The summed E-state index contributed by atoms with van der Waals surface area (Å²) < 4.78 is 0. The topological polar surface area (TPSA) is 0 Å². The smallest absolute Gasteiger partial charge is 1.00 e. The zero-order valence-corrected chi connectivity index (χ0v) is 8.85. The molecule has 0 atom stereocenters. The quantitative estimate of drug-likeness (QED) is 0.414. The Morgan fingerprint density at radius 1 is 0.750 bits per heavy atom. The van der Waals surface area contributed by atoms with E-state index >= 15 is 0 Å². The Balaban J connectivity index is 0. The second-order valence-corrected chi connectivity index (χ2v) is 0. The molecule has 0 radical (unpaired) electrons. The van der Waals surface area contributed by atoms with Gasteiger partial charge in [0.25, 0.3) is 0 Å². The standard InChI is InChI=1S/3BrH.Zr.H/h3*1H;;/q;;;+4;-1/p-3. The molecule has 0 aromatic heterocycles. The van der Waals surface area contributed by atoms with Crippen LogP contribution < -0.4 is 50.9 Å². The molecule has 0 nitrogen and oxygen atoms in total. The van der Waals surface area contributed by atoms with Crippen LogP contribution in [0.25, 0.3) is 0 Å². The summed E-state index contributed by atoms with van der Waals surface area (Å²) in [5, 5.41) is 0. The van der Waals surface area contributed by atoms with E-state index in [-0.39, 0.29) is 78.6 Å². The molecule has 0 spiro atoms. The van der Waals surface area contributed by atoms with Crippen LogP contribution in [0.4, 0.5) is 0 Å². The van der Waals surface area contributed by atoms with Crippen LogP contribution in [-0.2, 0) is 26.2 Å². The summed E-state index contributed by atoms with van der Waals surface area (Å²) in [7, 11) is 0. The van der Waals surface area contributed by atoms with Crippen LogP contribution in [-0.4, -0.2) is 0 Å². The van der Waals surface area contributed by atoms with Gasteiger partial charge in [0.05, 0.1) is 0 Å². The summed E-state index contributed by atoms with van der Waals surface area (Å²) in [5.41, 5.74) is 0. The van der Waals surface area contributed by atoms with E-state index < -0.39 is 0 Å². The predicted molar refractivity (Wildman–Crippen MR) is 1.11 cm³/mol. The minimum Gasteiger partial charge on any atom is -1.00 e. The molecule has 0 aromatic rings. The van der Waals surface area contributed by atoms with Crippen LogP contribution in [0, 0.1) is 0 Å². The molecule has 0 heterocycles. The summed E-state index contributed by atoms with van der Waals surface area (Å²) in [5.74, 6) is 0. The molecular weight excluding hydrogens is 331 g/mol. The Bertz CT molecular complexity index is 6.85. The number of halogens is 3. The first kappa shape index (κ1) is 33.2. The fourth-order valence-electron chi connectivity index (χ4n) is 0. The van der Waals surface area contributed by atoms with Gasteiger partial charge in [-0.1, -0.05) is 0 Å². The van der Waals surface area contributed by atoms with Crippen molar-refractivity contribution >= 4 is 0 Å². The molecule has 0 unspecified atom stereocenters. The first-order chi connectivity index (χ1) is 0. The van der Waals surface area contributed by atoms with Gasteiger partial charge >= 0.3 is 26.2 Å². The van der Waals surface area contributed by atoms with Crippen LogP contribution in [0.5, 0.6) is 0 Å². The second-order valence-electron chi connectivity index (χ2n) is 0. The summed E-state index contributed by atoms with van der Waals surface area (Å²) in [6.45, 7) is 0. The largest absolute Gasteiger partial charge is 4.00 e. The molecule has 0 saturated heterocycles. The average molecular weight is 332 g/mol. The molecule has 0 aliphatic rings. The van der Waals surface area contributed by atoms with Crippen LogP contribution in [0.15, 0.2) is 0 Å². The Labute approximate surface area is 77.6 Å². The van der Waals surface area contributed by atoms with E-state index in [0.717, 1.165) is 0 Å². The first-order valence-electron chi connectivity index (χ1n) is 0. The maximum absolute atomic E-state index is 0. The molecule has 0 fully saturated rings. The summed E-state index contributed by atoms with van der Waals surface area (Å²) in [6, 6.07) is 0. The number of rotatable bonds is 0. The van der Waals surface area contributed by atoms with Gasteiger partial charge < -0.3 is 52.4 Å². The van der Waals surface area contributed by atoms with Gasteiger partial charge in [0.15, 0.2) is 0 Å². The molecule has 0 aliphatic heterocycles. The van der Waals surface area contributed by atoms with Crippen molar-refractivity contribution in [3.63, 3.8) is 0 Å². The molecule has 0 N–H and O–H groups in total. The van der Waals surface area contributed by atoms with Crippen molar-refractivity contribution in [3.8, 4) is 0 Å². The van der Waals surface area contributed by atoms with Gasteiger partial charge in [-0.25, -0.2) is 0 Å². The molecule has 4 heteroatoms. The monoisotopic (exact) mass is 328 g/mol. The Hall–Kier alpha value is 2.32. The van der Waals surface area contributed by atoms with Gasteiger partial charge in [-0.3, -0.25) is 0 Å². The van der Waals surface area contributed by atoms with Crippen molar-refractivity contribution in [2.75, 3.05) is 0 Å². The zero-order valence-electron chi connectivity index (χ0n) is 2.63. The van der Waals surface area contributed by atoms with Gasteiger partial charge in [0, 0.05) is 0 Å². The SMILES string of the molecule is [Br-].[Br-].[Br-].[H-].[Zr+4]. The fourth-order valence-corrected chi connectivity index (χ4v) is 0. The molecule has 26 valence electrons. The van der Waals surface area contributed by atoms with E-state index in [1.807, 2.05) is 0 Å². The van der Waals surface area contributed by atoms with Gasteiger partial charge in [0.1, 0.15) is 0 Å². The van der Waals surface area contributed by atoms with Gasteiger partial charge in [-0.05, 0) is 0 Å². The van der Waals surface area contributed by atoms with Crippen LogP contribution in [0.3, 0.4) is 0 Å². The minimum absolute atomic E-state index is 0. The number of hydrogen-bond acceptors (Lipinski definition) is 0. The molecule has 0 rings (SSSR count). The van der Waals surface area contributed by atoms with E-state index in [1.54, 1.807) is 0 Å². The molecule has 0 aliphatic carbocycles. The van der Waals surface area contributed by atoms with Crippen molar-refractivity contribution in [2.45, 2.75) is 0 Å². The van der Waals surface area contributed by atoms with Crippen molar-refractivity contribution in [2.24, 2.45) is 0 Å². The molecule has 0 saturated carbocycles. The fraction of sp³-hybridized carbons (Fsp3) is 0. The molecule has 0 bridgehead atoms. The maximum atomic E-state index is 0. The first-order valence-corrected chi connectivity index (χ1v) is 0. The normalized spacial score (nSPS) is 0. The Morgan fingerprint density at radius 2 is 0.750 bits per heavy atom. The molecule has 0 amide bonds. The Kier molecular flexibility index (Phi) is 153. The van der Waals surface area contributed by atoms with Crippen molar-refractivity contribution in [1.29, 1.82) is 0 Å². The zero-order chi connectivity index (χ0) is 0. The van der Waals surface area contributed by atoms with Crippen LogP contribution in [0.2, 0.25) is 0 Å². The van der Waals surface area contributed by atoms with E-state index in [9.17, 15) is 0 Å². The van der Waals surface area contributed by atoms with Gasteiger partial charge in [0.2, 0.25) is 0 Å². The van der Waals surface area contributed by atoms with Crippen LogP contribution >= 0.6 is 0 Å². The summed E-state index contributed by atoms with van der Waals surface area (Å²) in [4.78, 5) is 0. The minimum atomic E-state index is 0. The third kappa shape index (κ3) is 8.85. The van der Waals surface area contributed by atoms with E-state index in [2.05, 4.69) is 0 Å². The second kappa shape index (κ2) is 18.4.